The number of pyridine rings is 1. The van der Waals surface area contributed by atoms with Crippen molar-refractivity contribution in [2.75, 3.05) is 13.1 Å². The second kappa shape index (κ2) is 10.1. The summed E-state index contributed by atoms with van der Waals surface area (Å²) in [7, 11) is 0. The average Bonchev–Trinajstić information content (AvgIpc) is 3.52. The smallest absolute Gasteiger partial charge is 0.223 e. The molecule has 0 N–H and O–H groups in total. The second-order valence-corrected chi connectivity index (χ2v) is 10.4. The maximum Gasteiger partial charge on any atom is 0.223 e. The van der Waals surface area contributed by atoms with E-state index in [1.165, 1.54) is 16.0 Å². The molecule has 0 radical (unpaired) electrons. The van der Waals surface area contributed by atoms with Crippen LogP contribution in [0.25, 0.3) is 0 Å². The summed E-state index contributed by atoms with van der Waals surface area (Å²) < 4.78 is 0. The molecule has 4 heterocycles. The monoisotopic (exact) mass is 473 g/mol. The number of amides is 2. The lowest BCUT2D eigenvalue weighted by molar-refractivity contribution is -0.138. The normalized spacial score (nSPS) is 19.8. The number of rotatable bonds is 6. The van der Waals surface area contributed by atoms with Crippen molar-refractivity contribution in [3.63, 3.8) is 0 Å². The summed E-state index contributed by atoms with van der Waals surface area (Å²) in [5.74, 6) is 0.157. The summed E-state index contributed by atoms with van der Waals surface area (Å²) >= 11 is 1.77. The lowest BCUT2D eigenvalue weighted by Gasteiger charge is -2.36. The zero-order valence-electron chi connectivity index (χ0n) is 19.7. The largest absolute Gasteiger partial charge is 0.339 e. The number of carbonyl (C=O) groups is 2. The van der Waals surface area contributed by atoms with E-state index in [0.29, 0.717) is 6.54 Å². The second-order valence-electron chi connectivity index (χ2n) is 9.36. The minimum atomic E-state index is -0.0683. The molecular weight excluding hydrogens is 442 g/mol. The predicted molar refractivity (Wildman–Crippen MR) is 135 cm³/mol. The number of nitrogens with zero attached hydrogens (tertiary/aromatic N) is 3. The summed E-state index contributed by atoms with van der Waals surface area (Å²) in [6.45, 7) is 3.56. The van der Waals surface area contributed by atoms with Crippen molar-refractivity contribution in [3.05, 3.63) is 87.4 Å². The first kappa shape index (κ1) is 22.8. The quantitative estimate of drug-likeness (QED) is 0.510. The third kappa shape index (κ3) is 4.78. The number of hydrogen-bond acceptors (Lipinski definition) is 4. The standard InChI is InChI=1S/C28H31N3O2S/c1-20-6-4-7-21(18-20)28-24-13-17-34-25(24)12-16-31(28)27(33)11-10-26(32)30-15-5-9-23(30)19-22-8-2-3-14-29-22/h2-4,6-8,13-14,17-18,23,28H,5,9-12,15-16,19H2,1H3. The zero-order chi connectivity index (χ0) is 23.5. The number of thiophene rings is 1. The molecule has 2 aromatic heterocycles. The van der Waals surface area contributed by atoms with E-state index in [-0.39, 0.29) is 36.7 Å². The Bertz CT molecular complexity index is 1160. The molecule has 6 heteroatoms. The van der Waals surface area contributed by atoms with Crippen LogP contribution < -0.4 is 0 Å². The Morgan fingerprint density at radius 2 is 1.88 bits per heavy atom. The van der Waals surface area contributed by atoms with Gasteiger partial charge in [-0.3, -0.25) is 14.6 Å². The third-order valence-electron chi connectivity index (χ3n) is 7.07. The molecule has 2 aliphatic heterocycles. The maximum absolute atomic E-state index is 13.4. The number of hydrogen-bond donors (Lipinski definition) is 0. The van der Waals surface area contributed by atoms with Crippen molar-refractivity contribution in [1.82, 2.24) is 14.8 Å². The first-order valence-electron chi connectivity index (χ1n) is 12.2. The Kier molecular flexibility index (Phi) is 6.77. The Balaban J connectivity index is 1.26. The lowest BCUT2D eigenvalue weighted by Crippen LogP contribution is -2.41. The van der Waals surface area contributed by atoms with Gasteiger partial charge in [0, 0.05) is 55.2 Å². The van der Waals surface area contributed by atoms with Gasteiger partial charge in [-0.25, -0.2) is 0 Å². The highest BCUT2D eigenvalue weighted by molar-refractivity contribution is 7.10. The fraction of sp³-hybridized carbons (Fsp3) is 0.393. The highest BCUT2D eigenvalue weighted by atomic mass is 32.1. The van der Waals surface area contributed by atoms with Crippen molar-refractivity contribution in [3.8, 4) is 0 Å². The summed E-state index contributed by atoms with van der Waals surface area (Å²) in [5.41, 5.74) is 4.59. The maximum atomic E-state index is 13.4. The third-order valence-corrected chi connectivity index (χ3v) is 8.06. The molecule has 1 saturated heterocycles. The fourth-order valence-corrected chi connectivity index (χ4v) is 6.33. The summed E-state index contributed by atoms with van der Waals surface area (Å²) in [5, 5.41) is 2.13. The van der Waals surface area contributed by atoms with Crippen LogP contribution in [0.5, 0.6) is 0 Å². The molecule has 2 aliphatic rings. The van der Waals surface area contributed by atoms with Crippen LogP contribution >= 0.6 is 11.3 Å². The van der Waals surface area contributed by atoms with Crippen LogP contribution in [0.3, 0.4) is 0 Å². The highest BCUT2D eigenvalue weighted by Crippen LogP contribution is 2.38. The Hall–Kier alpha value is -2.99. The van der Waals surface area contributed by atoms with E-state index < -0.39 is 0 Å². The van der Waals surface area contributed by atoms with E-state index >= 15 is 0 Å². The number of aromatic nitrogens is 1. The van der Waals surface area contributed by atoms with Crippen molar-refractivity contribution in [2.24, 2.45) is 0 Å². The van der Waals surface area contributed by atoms with Gasteiger partial charge >= 0.3 is 0 Å². The molecule has 2 amide bonds. The molecule has 0 bridgehead atoms. The molecule has 0 spiro atoms. The Morgan fingerprint density at radius 1 is 1.03 bits per heavy atom. The number of benzene rings is 1. The summed E-state index contributed by atoms with van der Waals surface area (Å²) in [6, 6.07) is 16.6. The van der Waals surface area contributed by atoms with Gasteiger partial charge in [-0.1, -0.05) is 35.9 Å². The molecule has 0 aliphatic carbocycles. The van der Waals surface area contributed by atoms with Crippen LogP contribution in [0.2, 0.25) is 0 Å². The van der Waals surface area contributed by atoms with E-state index in [0.717, 1.165) is 43.5 Å². The summed E-state index contributed by atoms with van der Waals surface area (Å²) in [6.07, 6.45) is 6.00. The zero-order valence-corrected chi connectivity index (χ0v) is 20.5. The van der Waals surface area contributed by atoms with Crippen LogP contribution in [0.4, 0.5) is 0 Å². The number of carbonyl (C=O) groups excluding carboxylic acids is 2. The predicted octanol–water partition coefficient (Wildman–Crippen LogP) is 4.94. The van der Waals surface area contributed by atoms with Gasteiger partial charge < -0.3 is 9.80 Å². The molecule has 3 aromatic rings. The molecule has 5 nitrogen and oxygen atoms in total. The fourth-order valence-electron chi connectivity index (χ4n) is 5.42. The van der Waals surface area contributed by atoms with Crippen molar-refractivity contribution in [1.29, 1.82) is 0 Å². The van der Waals surface area contributed by atoms with E-state index in [1.807, 2.05) is 28.0 Å². The molecule has 0 saturated carbocycles. The van der Waals surface area contributed by atoms with Crippen LogP contribution in [0.15, 0.2) is 60.1 Å². The highest BCUT2D eigenvalue weighted by Gasteiger charge is 2.34. The summed E-state index contributed by atoms with van der Waals surface area (Å²) in [4.78, 5) is 36.3. The van der Waals surface area contributed by atoms with Gasteiger partial charge in [0.05, 0.1) is 6.04 Å². The van der Waals surface area contributed by atoms with Gasteiger partial charge in [0.1, 0.15) is 0 Å². The molecule has 1 aromatic carbocycles. The van der Waals surface area contributed by atoms with E-state index in [1.54, 1.807) is 17.5 Å². The average molecular weight is 474 g/mol. The van der Waals surface area contributed by atoms with Gasteiger partial charge in [0.2, 0.25) is 11.8 Å². The SMILES string of the molecule is Cc1cccc(C2c3ccsc3CCN2C(=O)CCC(=O)N2CCCC2Cc2ccccn2)c1. The van der Waals surface area contributed by atoms with E-state index in [2.05, 4.69) is 47.6 Å². The number of aryl methyl sites for hydroxylation is 1. The van der Waals surface area contributed by atoms with E-state index in [4.69, 9.17) is 0 Å². The topological polar surface area (TPSA) is 53.5 Å². The van der Waals surface area contributed by atoms with Crippen molar-refractivity contribution < 1.29 is 9.59 Å². The lowest BCUT2D eigenvalue weighted by atomic mass is 9.92. The van der Waals surface area contributed by atoms with Gasteiger partial charge in [-0.2, -0.15) is 0 Å². The van der Waals surface area contributed by atoms with Crippen LogP contribution in [-0.2, 0) is 22.4 Å². The molecule has 1 fully saturated rings. The molecular formula is C28H31N3O2S. The molecule has 176 valence electrons. The van der Waals surface area contributed by atoms with Crippen LogP contribution in [-0.4, -0.2) is 45.7 Å². The van der Waals surface area contributed by atoms with Crippen molar-refractivity contribution >= 4 is 23.2 Å². The number of likely N-dealkylation sites (tertiary alicyclic amines) is 1. The minimum absolute atomic E-state index is 0.0668. The van der Waals surface area contributed by atoms with Gasteiger partial charge in [-0.15, -0.1) is 11.3 Å². The molecule has 34 heavy (non-hydrogen) atoms. The first-order valence-corrected chi connectivity index (χ1v) is 13.1. The van der Waals surface area contributed by atoms with Gasteiger partial charge in [-0.05, 0) is 60.9 Å². The van der Waals surface area contributed by atoms with Crippen LogP contribution in [0, 0.1) is 6.92 Å². The van der Waals surface area contributed by atoms with E-state index in [9.17, 15) is 9.59 Å². The minimum Gasteiger partial charge on any atom is -0.339 e. The Morgan fingerprint density at radius 3 is 2.68 bits per heavy atom. The van der Waals surface area contributed by atoms with Crippen LogP contribution in [0.1, 0.15) is 59.0 Å². The first-order chi connectivity index (χ1) is 16.6. The van der Waals surface area contributed by atoms with Gasteiger partial charge in [0.25, 0.3) is 0 Å². The van der Waals surface area contributed by atoms with Crippen molar-refractivity contribution in [2.45, 2.75) is 57.5 Å². The van der Waals surface area contributed by atoms with Gasteiger partial charge in [0.15, 0.2) is 0 Å². The Labute approximate surface area is 205 Å². The molecule has 2 unspecified atom stereocenters. The molecule has 5 rings (SSSR count). The number of fused-ring (bicyclic) bond motifs is 1. The molecule has 2 atom stereocenters.